The number of rotatable bonds is 6. The molecule has 31 heavy (non-hydrogen) atoms. The molecule has 2 radical (unpaired) electrons. The minimum absolute atomic E-state index is 0.332. The van der Waals surface area contributed by atoms with Crippen molar-refractivity contribution in [2.24, 2.45) is 0 Å². The average molecular weight is 572 g/mol. The van der Waals surface area contributed by atoms with Gasteiger partial charge in [-0.25, -0.2) is 9.59 Å². The van der Waals surface area contributed by atoms with E-state index in [0.29, 0.717) is 21.5 Å². The quantitative estimate of drug-likeness (QED) is 0.433. The van der Waals surface area contributed by atoms with Gasteiger partial charge >= 0.3 is 68.8 Å². The van der Waals surface area contributed by atoms with Crippen LogP contribution in [-0.2, 0) is 9.59 Å². The van der Waals surface area contributed by atoms with E-state index in [2.05, 4.69) is 12.1 Å². The van der Waals surface area contributed by atoms with Crippen LogP contribution in [0, 0.1) is 0 Å². The zero-order chi connectivity index (χ0) is 23.1. The van der Waals surface area contributed by atoms with Gasteiger partial charge in [-0.15, -0.1) is 0 Å². The molecule has 3 rings (SSSR count). The first-order valence-corrected chi connectivity index (χ1v) is 10.7. The van der Waals surface area contributed by atoms with Crippen LogP contribution >= 0.6 is 23.2 Å². The van der Waals surface area contributed by atoms with Crippen molar-refractivity contribution in [3.05, 3.63) is 88.9 Å². The molecule has 6 nitrogen and oxygen atoms in total. The third-order valence-electron chi connectivity index (χ3n) is 3.11. The van der Waals surface area contributed by atoms with Crippen LogP contribution in [0.3, 0.4) is 0 Å². The van der Waals surface area contributed by atoms with Crippen LogP contribution in [-0.4, -0.2) is 58.4 Å². The summed E-state index contributed by atoms with van der Waals surface area (Å²) in [4.78, 5) is 20.2. The summed E-state index contributed by atoms with van der Waals surface area (Å²) in [6.07, 6.45) is 0. The summed E-state index contributed by atoms with van der Waals surface area (Å²) in [6.45, 7) is -0.663. The Labute approximate surface area is 203 Å². The first kappa shape index (κ1) is 26.6. The number of aliphatic carboxylic acids is 2. The molecule has 0 saturated carbocycles. The molecule has 0 unspecified atom stereocenters. The molecular formula is C22H19Cl2O6Sb. The van der Waals surface area contributed by atoms with Gasteiger partial charge in [0.2, 0.25) is 0 Å². The predicted octanol–water partition coefficient (Wildman–Crippen LogP) is 4.09. The Morgan fingerprint density at radius 3 is 1.29 bits per heavy atom. The number of halogens is 2. The standard InChI is InChI=1S/2C8H7ClO3.C6H5.Sb/c2*9-6-1-3-7(4-2-6)12-5-8(10)11;1-2-4-6-5-3-1;/h2*1-4H,5H2,(H,10,11);1-5H;. The molecule has 0 aliphatic heterocycles. The number of carbonyl (C=O) groups is 2. The van der Waals surface area contributed by atoms with Gasteiger partial charge in [-0.2, -0.15) is 0 Å². The SMILES string of the molecule is O=C(O)COc1ccc(Cl)cc1.O=C(O)COc1ccc(Cl)cc1.[Sb][c]1ccccc1. The van der Waals surface area contributed by atoms with E-state index in [1.807, 2.05) is 18.2 Å². The van der Waals surface area contributed by atoms with Gasteiger partial charge in [-0.1, -0.05) is 23.2 Å². The fourth-order valence-corrected chi connectivity index (χ4v) is 2.52. The van der Waals surface area contributed by atoms with Gasteiger partial charge in [0.05, 0.1) is 0 Å². The van der Waals surface area contributed by atoms with Crippen LogP contribution in [0.1, 0.15) is 0 Å². The molecule has 0 bridgehead atoms. The van der Waals surface area contributed by atoms with Gasteiger partial charge in [0.15, 0.2) is 13.2 Å². The van der Waals surface area contributed by atoms with Gasteiger partial charge in [0, 0.05) is 10.0 Å². The zero-order valence-corrected chi connectivity index (χ0v) is 20.2. The minimum atomic E-state index is -0.995. The molecule has 0 spiro atoms. The monoisotopic (exact) mass is 570 g/mol. The van der Waals surface area contributed by atoms with Gasteiger partial charge < -0.3 is 19.7 Å². The van der Waals surface area contributed by atoms with E-state index in [0.717, 1.165) is 0 Å². The second kappa shape index (κ2) is 15.4. The number of carboxylic acid groups (broad SMARTS) is 2. The van der Waals surface area contributed by atoms with Crippen molar-refractivity contribution in [2.75, 3.05) is 13.2 Å². The first-order valence-electron chi connectivity index (χ1n) is 8.70. The van der Waals surface area contributed by atoms with Crippen molar-refractivity contribution in [2.45, 2.75) is 0 Å². The molecule has 0 amide bonds. The van der Waals surface area contributed by atoms with Crippen molar-refractivity contribution in [1.82, 2.24) is 0 Å². The number of ether oxygens (including phenoxy) is 2. The Balaban J connectivity index is 0.000000241. The Bertz CT molecular complexity index is 859. The second-order valence-electron chi connectivity index (χ2n) is 5.61. The van der Waals surface area contributed by atoms with Crippen molar-refractivity contribution < 1.29 is 29.3 Å². The Hall–Kier alpha value is -2.40. The maximum atomic E-state index is 10.1. The molecule has 0 saturated heterocycles. The van der Waals surface area contributed by atoms with Gasteiger partial charge in [-0.05, 0) is 48.5 Å². The molecule has 0 aliphatic rings. The summed E-state index contributed by atoms with van der Waals surface area (Å²) in [7, 11) is 0. The van der Waals surface area contributed by atoms with E-state index in [-0.39, 0.29) is 13.2 Å². The summed E-state index contributed by atoms with van der Waals surface area (Å²) < 4.78 is 11.1. The van der Waals surface area contributed by atoms with Crippen molar-refractivity contribution in [1.29, 1.82) is 0 Å². The molecule has 162 valence electrons. The number of hydrogen-bond acceptors (Lipinski definition) is 4. The van der Waals surface area contributed by atoms with E-state index in [9.17, 15) is 9.59 Å². The molecule has 2 N–H and O–H groups in total. The van der Waals surface area contributed by atoms with Crippen molar-refractivity contribution >= 4 is 61.7 Å². The summed E-state index contributed by atoms with van der Waals surface area (Å²) in [5.41, 5.74) is 0. The van der Waals surface area contributed by atoms with E-state index >= 15 is 0 Å². The fraction of sp³-hybridized carbons (Fsp3) is 0.0909. The van der Waals surface area contributed by atoms with E-state index in [1.165, 1.54) is 3.51 Å². The Morgan fingerprint density at radius 1 is 0.677 bits per heavy atom. The third kappa shape index (κ3) is 14.3. The molecule has 0 aliphatic carbocycles. The Morgan fingerprint density at radius 2 is 1.03 bits per heavy atom. The molecule has 0 atom stereocenters. The first-order chi connectivity index (χ1) is 14.8. The summed E-state index contributed by atoms with van der Waals surface area (Å²) in [5.74, 6) is -0.987. The van der Waals surface area contributed by atoms with Crippen LogP contribution < -0.4 is 13.0 Å². The summed E-state index contributed by atoms with van der Waals surface area (Å²) in [6, 6.07) is 23.4. The predicted molar refractivity (Wildman–Crippen MR) is 121 cm³/mol. The van der Waals surface area contributed by atoms with Crippen LogP contribution in [0.15, 0.2) is 78.9 Å². The van der Waals surface area contributed by atoms with E-state index in [4.69, 9.17) is 42.9 Å². The molecular weight excluding hydrogens is 553 g/mol. The van der Waals surface area contributed by atoms with Crippen molar-refractivity contribution in [3.8, 4) is 11.5 Å². The van der Waals surface area contributed by atoms with Crippen molar-refractivity contribution in [3.63, 3.8) is 0 Å². The van der Waals surface area contributed by atoms with Gasteiger partial charge in [0.1, 0.15) is 11.5 Å². The van der Waals surface area contributed by atoms with Crippen LogP contribution in [0.2, 0.25) is 10.0 Å². The number of carboxylic acids is 2. The van der Waals surface area contributed by atoms with Crippen LogP contribution in [0.4, 0.5) is 0 Å². The summed E-state index contributed by atoms with van der Waals surface area (Å²) in [5, 5.41) is 17.7. The normalized spacial score (nSPS) is 9.26. The number of hydrogen-bond donors (Lipinski definition) is 2. The third-order valence-corrected chi connectivity index (χ3v) is 4.46. The molecule has 3 aromatic rings. The summed E-state index contributed by atoms with van der Waals surface area (Å²) >= 11 is 13.0. The van der Waals surface area contributed by atoms with Gasteiger partial charge in [0.25, 0.3) is 0 Å². The Kier molecular flexibility index (Phi) is 13.2. The topological polar surface area (TPSA) is 93.1 Å². The molecule has 0 fully saturated rings. The average Bonchev–Trinajstić information content (AvgIpc) is 2.74. The van der Waals surface area contributed by atoms with Crippen LogP contribution in [0.5, 0.6) is 11.5 Å². The van der Waals surface area contributed by atoms with E-state index in [1.54, 1.807) is 71.6 Å². The molecule has 3 aromatic carbocycles. The van der Waals surface area contributed by atoms with Gasteiger partial charge in [-0.3, -0.25) is 0 Å². The second-order valence-corrected chi connectivity index (χ2v) is 7.95. The molecule has 0 aromatic heterocycles. The fourth-order valence-electron chi connectivity index (χ4n) is 1.78. The molecule has 0 heterocycles. The number of benzene rings is 3. The van der Waals surface area contributed by atoms with Crippen LogP contribution in [0.25, 0.3) is 0 Å². The zero-order valence-electron chi connectivity index (χ0n) is 16.2. The molecule has 9 heteroatoms. The maximum absolute atomic E-state index is 10.1. The van der Waals surface area contributed by atoms with E-state index < -0.39 is 11.9 Å².